The van der Waals surface area contributed by atoms with Gasteiger partial charge in [-0.3, -0.25) is 14.4 Å². The van der Waals surface area contributed by atoms with Gasteiger partial charge in [-0.1, -0.05) is 29.8 Å². The maximum absolute atomic E-state index is 13.3. The summed E-state index contributed by atoms with van der Waals surface area (Å²) in [5, 5.41) is 5.90. The van der Waals surface area contributed by atoms with Crippen LogP contribution in [0.2, 0.25) is 5.02 Å². The molecule has 0 aromatic heterocycles. The second-order valence-corrected chi connectivity index (χ2v) is 8.94. The van der Waals surface area contributed by atoms with Crippen LogP contribution < -0.4 is 30.3 Å². The van der Waals surface area contributed by atoms with Crippen LogP contribution in [0.25, 0.3) is 11.1 Å². The number of halogens is 1. The molecule has 1 aliphatic carbocycles. The fraction of sp³-hybridized carbons (Fsp3) is 0.250. The average Bonchev–Trinajstić information content (AvgIpc) is 3.12. The van der Waals surface area contributed by atoms with Gasteiger partial charge >= 0.3 is 0 Å². The molecule has 0 unspecified atom stereocenters. The number of carbonyl (C=O) groups excluding carboxylic acids is 2. The van der Waals surface area contributed by atoms with Crippen LogP contribution in [0.15, 0.2) is 53.3 Å². The molecule has 0 aliphatic heterocycles. The van der Waals surface area contributed by atoms with Crippen LogP contribution in [-0.2, 0) is 11.2 Å². The average molecular weight is 523 g/mol. The molecule has 0 saturated carbocycles. The standard InChI is InChI=1S/C28H27ClN2O6/c1-15(32)30-21-11-9-16-13-24(35-2)26(36-3)27(37-4)25(16)17-10-12-22(23(33)14-19(17)21)31-28(34)18-7-5-6-8-20(18)29/h5-8,10,12-14,21H,9,11H2,1-4H3,(H,30,32)(H,31,33,34)/t21-/m1/s1. The van der Waals surface area contributed by atoms with E-state index in [-0.39, 0.29) is 22.2 Å². The van der Waals surface area contributed by atoms with Crippen LogP contribution in [0.1, 0.15) is 40.9 Å². The van der Waals surface area contributed by atoms with Gasteiger partial charge in [0, 0.05) is 12.5 Å². The number of aryl methyl sites for hydroxylation is 1. The van der Waals surface area contributed by atoms with Crippen molar-refractivity contribution in [2.45, 2.75) is 25.8 Å². The predicted molar refractivity (Wildman–Crippen MR) is 142 cm³/mol. The van der Waals surface area contributed by atoms with Crippen molar-refractivity contribution in [1.29, 1.82) is 0 Å². The lowest BCUT2D eigenvalue weighted by atomic mass is 9.95. The van der Waals surface area contributed by atoms with Crippen LogP contribution in [0.3, 0.4) is 0 Å². The highest BCUT2D eigenvalue weighted by molar-refractivity contribution is 6.34. The molecule has 192 valence electrons. The number of rotatable bonds is 6. The highest BCUT2D eigenvalue weighted by Crippen LogP contribution is 2.50. The number of nitrogens with one attached hydrogen (secondary N) is 2. The lowest BCUT2D eigenvalue weighted by Gasteiger charge is -2.19. The van der Waals surface area contributed by atoms with Gasteiger partial charge in [0.05, 0.1) is 43.6 Å². The number of hydrogen-bond acceptors (Lipinski definition) is 6. The summed E-state index contributed by atoms with van der Waals surface area (Å²) in [7, 11) is 4.60. The van der Waals surface area contributed by atoms with Crippen LogP contribution in [0.5, 0.6) is 17.2 Å². The minimum absolute atomic E-state index is 0.0700. The molecule has 0 radical (unpaired) electrons. The lowest BCUT2D eigenvalue weighted by molar-refractivity contribution is -0.119. The second-order valence-electron chi connectivity index (χ2n) is 8.53. The van der Waals surface area contributed by atoms with E-state index in [0.29, 0.717) is 41.2 Å². The van der Waals surface area contributed by atoms with Crippen LogP contribution in [0.4, 0.5) is 5.69 Å². The zero-order chi connectivity index (χ0) is 26.7. The Kier molecular flexibility index (Phi) is 7.69. The molecular weight excluding hydrogens is 496 g/mol. The first kappa shape index (κ1) is 26.0. The third-order valence-corrected chi connectivity index (χ3v) is 6.61. The molecule has 2 N–H and O–H groups in total. The molecule has 0 fully saturated rings. The van der Waals surface area contributed by atoms with Crippen molar-refractivity contribution in [1.82, 2.24) is 5.32 Å². The van der Waals surface area contributed by atoms with Gasteiger partial charge in [-0.05, 0) is 59.9 Å². The van der Waals surface area contributed by atoms with E-state index in [1.807, 2.05) is 6.07 Å². The maximum Gasteiger partial charge on any atom is 0.257 e. The maximum atomic E-state index is 13.3. The number of amides is 2. The minimum Gasteiger partial charge on any atom is -0.493 e. The van der Waals surface area contributed by atoms with Gasteiger partial charge in [-0.2, -0.15) is 0 Å². The summed E-state index contributed by atoms with van der Waals surface area (Å²) in [6.07, 6.45) is 1.11. The number of anilines is 1. The van der Waals surface area contributed by atoms with Crippen molar-refractivity contribution >= 4 is 29.1 Å². The Bertz CT molecular complexity index is 1440. The first-order chi connectivity index (χ1) is 17.8. The van der Waals surface area contributed by atoms with Crippen molar-refractivity contribution in [3.8, 4) is 28.4 Å². The molecule has 1 atom stereocenters. The Labute approximate surface area is 219 Å². The lowest BCUT2D eigenvalue weighted by Crippen LogP contribution is -2.26. The summed E-state index contributed by atoms with van der Waals surface area (Å²) >= 11 is 6.17. The third kappa shape index (κ3) is 5.11. The van der Waals surface area contributed by atoms with Crippen LogP contribution >= 0.6 is 11.6 Å². The molecule has 1 aliphatic rings. The fourth-order valence-electron chi connectivity index (χ4n) is 4.65. The van der Waals surface area contributed by atoms with E-state index >= 15 is 0 Å². The molecule has 0 spiro atoms. The van der Waals surface area contributed by atoms with Gasteiger partial charge in [0.2, 0.25) is 17.1 Å². The van der Waals surface area contributed by atoms with Gasteiger partial charge < -0.3 is 24.8 Å². The Hall–Kier alpha value is -4.04. The SMILES string of the molecule is COc1cc2c(c(OC)c1OC)-c1ccc(NC(=O)c3ccccc3Cl)c(=O)cc1[C@H](NC(C)=O)CC2. The molecule has 3 aromatic carbocycles. The summed E-state index contributed by atoms with van der Waals surface area (Å²) in [4.78, 5) is 38.3. The Morgan fingerprint density at radius 3 is 2.35 bits per heavy atom. The highest BCUT2D eigenvalue weighted by atomic mass is 35.5. The largest absolute Gasteiger partial charge is 0.493 e. The molecule has 9 heteroatoms. The zero-order valence-corrected chi connectivity index (χ0v) is 21.7. The molecule has 0 heterocycles. The number of benzene rings is 2. The van der Waals surface area contributed by atoms with E-state index in [2.05, 4.69) is 10.6 Å². The van der Waals surface area contributed by atoms with Gasteiger partial charge in [0.15, 0.2) is 11.5 Å². The summed E-state index contributed by atoms with van der Waals surface area (Å²) in [6, 6.07) is 12.7. The highest BCUT2D eigenvalue weighted by Gasteiger charge is 2.29. The zero-order valence-electron chi connectivity index (χ0n) is 20.9. The topological polar surface area (TPSA) is 103 Å². The van der Waals surface area contributed by atoms with E-state index in [1.54, 1.807) is 43.5 Å². The van der Waals surface area contributed by atoms with Crippen molar-refractivity contribution in [2.75, 3.05) is 26.6 Å². The van der Waals surface area contributed by atoms with Gasteiger partial charge in [0.1, 0.15) is 0 Å². The minimum atomic E-state index is -0.508. The molecule has 0 bridgehead atoms. The number of ether oxygens (including phenoxy) is 3. The molecule has 8 nitrogen and oxygen atoms in total. The molecule has 0 saturated heterocycles. The van der Waals surface area contributed by atoms with Crippen molar-refractivity contribution in [2.24, 2.45) is 0 Å². The Balaban J connectivity index is 1.94. The van der Waals surface area contributed by atoms with Gasteiger partial charge in [0.25, 0.3) is 5.91 Å². The van der Waals surface area contributed by atoms with Gasteiger partial charge in [-0.25, -0.2) is 0 Å². The van der Waals surface area contributed by atoms with Crippen LogP contribution in [0, 0.1) is 0 Å². The Morgan fingerprint density at radius 1 is 0.973 bits per heavy atom. The molecule has 2 amide bonds. The number of carbonyl (C=O) groups is 2. The van der Waals surface area contributed by atoms with E-state index in [4.69, 9.17) is 25.8 Å². The smallest absolute Gasteiger partial charge is 0.257 e. The second kappa shape index (κ2) is 10.9. The number of hydrogen-bond donors (Lipinski definition) is 2. The van der Waals surface area contributed by atoms with Crippen molar-refractivity contribution in [3.05, 3.63) is 80.5 Å². The van der Waals surface area contributed by atoms with E-state index in [1.165, 1.54) is 27.2 Å². The number of fused-ring (bicyclic) bond motifs is 3. The van der Waals surface area contributed by atoms with E-state index in [0.717, 1.165) is 11.1 Å². The first-order valence-corrected chi connectivity index (χ1v) is 12.0. The Morgan fingerprint density at radius 2 is 1.70 bits per heavy atom. The van der Waals surface area contributed by atoms with Crippen molar-refractivity contribution in [3.63, 3.8) is 0 Å². The van der Waals surface area contributed by atoms with E-state index in [9.17, 15) is 14.4 Å². The van der Waals surface area contributed by atoms with Gasteiger partial charge in [-0.15, -0.1) is 0 Å². The molecular formula is C28H27ClN2O6. The molecule has 3 aromatic rings. The molecule has 4 rings (SSSR count). The number of methoxy groups -OCH3 is 3. The monoisotopic (exact) mass is 522 g/mol. The summed E-state index contributed by atoms with van der Waals surface area (Å²) in [5.41, 5.74) is 2.80. The van der Waals surface area contributed by atoms with Crippen LogP contribution in [-0.4, -0.2) is 33.1 Å². The predicted octanol–water partition coefficient (Wildman–Crippen LogP) is 4.77. The fourth-order valence-corrected chi connectivity index (χ4v) is 4.87. The first-order valence-electron chi connectivity index (χ1n) is 11.6. The molecule has 37 heavy (non-hydrogen) atoms. The normalized spacial score (nSPS) is 13.9. The quantitative estimate of drug-likeness (QED) is 0.483. The third-order valence-electron chi connectivity index (χ3n) is 6.28. The van der Waals surface area contributed by atoms with Crippen molar-refractivity contribution < 1.29 is 23.8 Å². The summed E-state index contributed by atoms with van der Waals surface area (Å²) in [5.74, 6) is 0.632. The summed E-state index contributed by atoms with van der Waals surface area (Å²) < 4.78 is 16.9. The summed E-state index contributed by atoms with van der Waals surface area (Å²) in [6.45, 7) is 1.43. The van der Waals surface area contributed by atoms with E-state index < -0.39 is 17.4 Å².